The lowest BCUT2D eigenvalue weighted by atomic mass is 10.3. The SMILES string of the molecule is O=c1[nH]c2ccccc2n1CCCOc1ccc(F)nc1. The molecule has 6 heteroatoms. The summed E-state index contributed by atoms with van der Waals surface area (Å²) in [5.74, 6) is -0.0182. The number of ether oxygens (including phenoxy) is 1. The minimum Gasteiger partial charge on any atom is -0.492 e. The molecule has 0 aliphatic rings. The molecule has 1 aromatic carbocycles. The van der Waals surface area contributed by atoms with Crippen LogP contribution in [0.1, 0.15) is 6.42 Å². The smallest absolute Gasteiger partial charge is 0.326 e. The van der Waals surface area contributed by atoms with Crippen molar-refractivity contribution in [2.24, 2.45) is 0 Å². The number of rotatable bonds is 5. The van der Waals surface area contributed by atoms with Crippen molar-refractivity contribution in [1.82, 2.24) is 14.5 Å². The average molecular weight is 287 g/mol. The normalized spacial score (nSPS) is 10.9. The zero-order valence-corrected chi connectivity index (χ0v) is 11.3. The number of hydrogen-bond donors (Lipinski definition) is 1. The van der Waals surface area contributed by atoms with E-state index in [9.17, 15) is 9.18 Å². The van der Waals surface area contributed by atoms with Gasteiger partial charge in [-0.05, 0) is 30.7 Å². The Kier molecular flexibility index (Phi) is 3.68. The summed E-state index contributed by atoms with van der Waals surface area (Å²) in [6.07, 6.45) is 2.01. The summed E-state index contributed by atoms with van der Waals surface area (Å²) in [7, 11) is 0. The molecule has 2 aromatic heterocycles. The zero-order chi connectivity index (χ0) is 14.7. The summed E-state index contributed by atoms with van der Waals surface area (Å²) in [4.78, 5) is 18.2. The summed E-state index contributed by atoms with van der Waals surface area (Å²) < 4.78 is 19.8. The van der Waals surface area contributed by atoms with Crippen LogP contribution in [0.5, 0.6) is 5.75 Å². The van der Waals surface area contributed by atoms with Crippen LogP contribution in [0.15, 0.2) is 47.4 Å². The monoisotopic (exact) mass is 287 g/mol. The first-order valence-corrected chi connectivity index (χ1v) is 6.66. The van der Waals surface area contributed by atoms with Crippen molar-refractivity contribution >= 4 is 11.0 Å². The minimum atomic E-state index is -0.535. The van der Waals surface area contributed by atoms with E-state index < -0.39 is 5.95 Å². The maximum atomic E-state index is 12.6. The van der Waals surface area contributed by atoms with Crippen LogP contribution in [0.4, 0.5) is 4.39 Å². The van der Waals surface area contributed by atoms with Crippen LogP contribution in [-0.4, -0.2) is 21.1 Å². The van der Waals surface area contributed by atoms with Gasteiger partial charge in [0, 0.05) is 6.54 Å². The van der Waals surface area contributed by atoms with E-state index in [1.807, 2.05) is 24.3 Å². The second kappa shape index (κ2) is 5.78. The molecule has 108 valence electrons. The molecule has 0 bridgehead atoms. The molecule has 2 heterocycles. The number of benzene rings is 1. The fourth-order valence-corrected chi connectivity index (χ4v) is 2.19. The van der Waals surface area contributed by atoms with Gasteiger partial charge in [-0.25, -0.2) is 9.78 Å². The van der Waals surface area contributed by atoms with Crippen LogP contribution >= 0.6 is 0 Å². The summed E-state index contributed by atoms with van der Waals surface area (Å²) in [5.41, 5.74) is 1.58. The van der Waals surface area contributed by atoms with Crippen LogP contribution in [0.3, 0.4) is 0 Å². The number of aromatic nitrogens is 3. The highest BCUT2D eigenvalue weighted by Crippen LogP contribution is 2.11. The molecule has 0 aliphatic carbocycles. The molecule has 5 nitrogen and oxygen atoms in total. The summed E-state index contributed by atoms with van der Waals surface area (Å²) in [5, 5.41) is 0. The van der Waals surface area contributed by atoms with Crippen molar-refractivity contribution in [3.8, 4) is 5.75 Å². The van der Waals surface area contributed by atoms with Crippen molar-refractivity contribution in [1.29, 1.82) is 0 Å². The van der Waals surface area contributed by atoms with Crippen molar-refractivity contribution < 1.29 is 9.13 Å². The zero-order valence-electron chi connectivity index (χ0n) is 11.3. The molecule has 0 fully saturated rings. The first-order chi connectivity index (χ1) is 10.2. The molecule has 0 spiro atoms. The van der Waals surface area contributed by atoms with Crippen molar-refractivity contribution in [2.75, 3.05) is 6.61 Å². The van der Waals surface area contributed by atoms with E-state index in [1.165, 1.54) is 18.3 Å². The predicted octanol–water partition coefficient (Wildman–Crippen LogP) is 2.33. The van der Waals surface area contributed by atoms with E-state index in [0.717, 1.165) is 11.0 Å². The van der Waals surface area contributed by atoms with E-state index in [-0.39, 0.29) is 5.69 Å². The second-order valence-electron chi connectivity index (χ2n) is 4.62. The van der Waals surface area contributed by atoms with Gasteiger partial charge in [-0.2, -0.15) is 4.39 Å². The molecular formula is C15H14FN3O2. The second-order valence-corrected chi connectivity index (χ2v) is 4.62. The number of pyridine rings is 1. The van der Waals surface area contributed by atoms with Crippen LogP contribution in [0.2, 0.25) is 0 Å². The average Bonchev–Trinajstić information content (AvgIpc) is 2.81. The first kappa shape index (κ1) is 13.4. The van der Waals surface area contributed by atoms with Gasteiger partial charge in [0.05, 0.1) is 23.8 Å². The Balaban J connectivity index is 1.61. The van der Waals surface area contributed by atoms with E-state index in [2.05, 4.69) is 9.97 Å². The van der Waals surface area contributed by atoms with Crippen molar-refractivity contribution in [2.45, 2.75) is 13.0 Å². The molecule has 0 saturated carbocycles. The van der Waals surface area contributed by atoms with Gasteiger partial charge < -0.3 is 9.72 Å². The largest absolute Gasteiger partial charge is 0.492 e. The lowest BCUT2D eigenvalue weighted by Crippen LogP contribution is -2.18. The van der Waals surface area contributed by atoms with Crippen molar-refractivity contribution in [3.05, 3.63) is 59.0 Å². The van der Waals surface area contributed by atoms with E-state index >= 15 is 0 Å². The summed E-state index contributed by atoms with van der Waals surface area (Å²) in [6, 6.07) is 10.3. The lowest BCUT2D eigenvalue weighted by molar-refractivity contribution is 0.300. The molecule has 0 atom stereocenters. The van der Waals surface area contributed by atoms with Gasteiger partial charge in [-0.15, -0.1) is 0 Å². The molecule has 21 heavy (non-hydrogen) atoms. The molecular weight excluding hydrogens is 273 g/mol. The molecule has 1 N–H and O–H groups in total. The predicted molar refractivity (Wildman–Crippen MR) is 76.9 cm³/mol. The molecule has 3 aromatic rings. The highest BCUT2D eigenvalue weighted by Gasteiger charge is 2.05. The maximum Gasteiger partial charge on any atom is 0.326 e. The molecule has 0 amide bonds. The van der Waals surface area contributed by atoms with Gasteiger partial charge in [0.25, 0.3) is 0 Å². The van der Waals surface area contributed by atoms with Crippen LogP contribution in [-0.2, 0) is 6.54 Å². The minimum absolute atomic E-state index is 0.125. The van der Waals surface area contributed by atoms with Gasteiger partial charge in [-0.3, -0.25) is 4.57 Å². The van der Waals surface area contributed by atoms with E-state index in [4.69, 9.17) is 4.74 Å². The molecule has 0 unspecified atom stereocenters. The number of aromatic amines is 1. The quantitative estimate of drug-likeness (QED) is 0.579. The third-order valence-corrected chi connectivity index (χ3v) is 3.18. The Morgan fingerprint density at radius 2 is 2.10 bits per heavy atom. The van der Waals surface area contributed by atoms with Crippen LogP contribution < -0.4 is 10.4 Å². The number of imidazole rings is 1. The van der Waals surface area contributed by atoms with Crippen LogP contribution in [0, 0.1) is 5.95 Å². The number of hydrogen-bond acceptors (Lipinski definition) is 3. The number of aryl methyl sites for hydroxylation is 1. The highest BCUT2D eigenvalue weighted by molar-refractivity contribution is 5.74. The maximum absolute atomic E-state index is 12.6. The molecule has 0 radical (unpaired) electrons. The topological polar surface area (TPSA) is 59.9 Å². The van der Waals surface area contributed by atoms with Crippen molar-refractivity contribution in [3.63, 3.8) is 0 Å². The van der Waals surface area contributed by atoms with E-state index in [0.29, 0.717) is 25.3 Å². The number of halogens is 1. The molecule has 0 saturated heterocycles. The van der Waals surface area contributed by atoms with Gasteiger partial charge in [0.15, 0.2) is 0 Å². The number of H-pyrrole nitrogens is 1. The molecule has 0 aliphatic heterocycles. The Hall–Kier alpha value is -2.63. The first-order valence-electron chi connectivity index (χ1n) is 6.66. The van der Waals surface area contributed by atoms with Gasteiger partial charge in [0.2, 0.25) is 5.95 Å². The number of nitrogens with one attached hydrogen (secondary N) is 1. The highest BCUT2D eigenvalue weighted by atomic mass is 19.1. The Bertz CT molecular complexity index is 793. The third kappa shape index (κ3) is 2.94. The van der Waals surface area contributed by atoms with Crippen LogP contribution in [0.25, 0.3) is 11.0 Å². The number of fused-ring (bicyclic) bond motifs is 1. The third-order valence-electron chi connectivity index (χ3n) is 3.18. The fraction of sp³-hybridized carbons (Fsp3) is 0.200. The standard InChI is InChI=1S/C15H14FN3O2/c16-14-7-6-11(10-17-14)21-9-3-8-19-13-5-2-1-4-12(13)18-15(19)20/h1-2,4-7,10H,3,8-9H2,(H,18,20). The van der Waals surface area contributed by atoms with Gasteiger partial charge in [0.1, 0.15) is 5.75 Å². The number of nitrogens with zero attached hydrogens (tertiary/aromatic N) is 2. The lowest BCUT2D eigenvalue weighted by Gasteiger charge is -2.06. The Labute approximate surface area is 120 Å². The summed E-state index contributed by atoms with van der Waals surface area (Å²) >= 11 is 0. The number of para-hydroxylation sites is 2. The Morgan fingerprint density at radius 1 is 1.24 bits per heavy atom. The fourth-order valence-electron chi connectivity index (χ4n) is 2.19. The molecule has 3 rings (SSSR count). The van der Waals surface area contributed by atoms with Gasteiger partial charge >= 0.3 is 5.69 Å². The Morgan fingerprint density at radius 3 is 2.90 bits per heavy atom. The van der Waals surface area contributed by atoms with Gasteiger partial charge in [-0.1, -0.05) is 12.1 Å². The summed E-state index contributed by atoms with van der Waals surface area (Å²) in [6.45, 7) is 0.983. The van der Waals surface area contributed by atoms with E-state index in [1.54, 1.807) is 4.57 Å².